The van der Waals surface area contributed by atoms with Gasteiger partial charge in [-0.1, -0.05) is 11.9 Å². The Bertz CT molecular complexity index is 674. The molecule has 0 amide bonds. The second kappa shape index (κ2) is 9.63. The fourth-order valence-electron chi connectivity index (χ4n) is 3.14. The van der Waals surface area contributed by atoms with Gasteiger partial charge in [0.15, 0.2) is 0 Å². The number of nitrogens with one attached hydrogen (secondary N) is 3. The van der Waals surface area contributed by atoms with E-state index in [1.54, 1.807) is 12.1 Å². The van der Waals surface area contributed by atoms with Crippen molar-refractivity contribution in [3.8, 4) is 0 Å². The van der Waals surface area contributed by atoms with Gasteiger partial charge in [0.1, 0.15) is 0 Å². The highest BCUT2D eigenvalue weighted by Gasteiger charge is 2.23. The second-order valence-electron chi connectivity index (χ2n) is 8.73. The highest BCUT2D eigenvalue weighted by atomic mass is 32.2. The van der Waals surface area contributed by atoms with Crippen LogP contribution in [0.3, 0.4) is 0 Å². The van der Waals surface area contributed by atoms with Crippen LogP contribution in [-0.4, -0.2) is 31.8 Å². The standard InChI is InChI=1S/C20H35N3O2S2/c1-15(2)23-27(24,25)19-12-10-17(11-13-19)21-14-16-6-8-18(9-7-16)22-26-20(3,4)5/h10-13,15-16,18,21-23H,6-9,14H2,1-5H3/t16-,18-. The molecule has 1 aromatic rings. The van der Waals surface area contributed by atoms with Crippen molar-refractivity contribution in [3.05, 3.63) is 24.3 Å². The number of anilines is 1. The topological polar surface area (TPSA) is 70.2 Å². The Morgan fingerprint density at radius 2 is 1.67 bits per heavy atom. The first-order chi connectivity index (χ1) is 12.5. The molecule has 2 rings (SSSR count). The molecule has 0 aliphatic heterocycles. The van der Waals surface area contributed by atoms with Gasteiger partial charge in [-0.25, -0.2) is 13.1 Å². The second-order valence-corrected chi connectivity index (χ2v) is 12.1. The first-order valence-electron chi connectivity index (χ1n) is 9.85. The van der Waals surface area contributed by atoms with Crippen molar-refractivity contribution in [1.82, 2.24) is 9.44 Å². The number of rotatable bonds is 8. The van der Waals surface area contributed by atoms with E-state index in [9.17, 15) is 8.42 Å². The summed E-state index contributed by atoms with van der Waals surface area (Å²) in [5.41, 5.74) is 0.974. The first kappa shape index (κ1) is 22.5. The maximum absolute atomic E-state index is 12.2. The molecule has 0 aromatic heterocycles. The molecule has 0 saturated heterocycles. The summed E-state index contributed by atoms with van der Waals surface area (Å²) in [6.07, 6.45) is 4.88. The molecular weight excluding hydrogens is 378 g/mol. The molecule has 3 N–H and O–H groups in total. The van der Waals surface area contributed by atoms with Gasteiger partial charge in [-0.3, -0.25) is 4.72 Å². The predicted octanol–water partition coefficient (Wildman–Crippen LogP) is 4.38. The van der Waals surface area contributed by atoms with Gasteiger partial charge in [0.2, 0.25) is 10.0 Å². The smallest absolute Gasteiger partial charge is 0.240 e. The molecule has 154 valence electrons. The van der Waals surface area contributed by atoms with Crippen LogP contribution in [0.4, 0.5) is 5.69 Å². The number of hydrogen-bond donors (Lipinski definition) is 3. The minimum Gasteiger partial charge on any atom is -0.385 e. The molecule has 27 heavy (non-hydrogen) atoms. The van der Waals surface area contributed by atoms with E-state index < -0.39 is 10.0 Å². The maximum Gasteiger partial charge on any atom is 0.240 e. The SMILES string of the molecule is CC(C)NS(=O)(=O)c1ccc(NC[C@H]2CC[C@H](NSC(C)(C)C)CC2)cc1. The summed E-state index contributed by atoms with van der Waals surface area (Å²) in [5, 5.41) is 3.46. The van der Waals surface area contributed by atoms with Crippen molar-refractivity contribution in [1.29, 1.82) is 0 Å². The van der Waals surface area contributed by atoms with Crippen LogP contribution in [-0.2, 0) is 10.0 Å². The molecule has 0 bridgehead atoms. The molecule has 0 spiro atoms. The average molecular weight is 414 g/mol. The average Bonchev–Trinajstić information content (AvgIpc) is 2.58. The van der Waals surface area contributed by atoms with E-state index in [-0.39, 0.29) is 10.8 Å². The van der Waals surface area contributed by atoms with E-state index in [4.69, 9.17) is 0 Å². The molecule has 0 radical (unpaired) electrons. The van der Waals surface area contributed by atoms with Crippen LogP contribution in [0, 0.1) is 5.92 Å². The van der Waals surface area contributed by atoms with Gasteiger partial charge in [-0.15, -0.1) is 0 Å². The van der Waals surface area contributed by atoms with E-state index in [0.29, 0.717) is 16.9 Å². The highest BCUT2D eigenvalue weighted by molar-refractivity contribution is 7.98. The summed E-state index contributed by atoms with van der Waals surface area (Å²) in [5.74, 6) is 0.675. The van der Waals surface area contributed by atoms with Gasteiger partial charge < -0.3 is 5.32 Å². The Kier molecular flexibility index (Phi) is 8.04. The largest absolute Gasteiger partial charge is 0.385 e. The molecule has 1 fully saturated rings. The summed E-state index contributed by atoms with van der Waals surface area (Å²) >= 11 is 1.84. The monoisotopic (exact) mass is 413 g/mol. The van der Waals surface area contributed by atoms with Gasteiger partial charge >= 0.3 is 0 Å². The summed E-state index contributed by atoms with van der Waals surface area (Å²) in [6, 6.07) is 7.53. The Hall–Kier alpha value is -0.760. The molecule has 1 saturated carbocycles. The normalized spacial score (nSPS) is 21.4. The van der Waals surface area contributed by atoms with Crippen LogP contribution in [0.2, 0.25) is 0 Å². The Morgan fingerprint density at radius 3 is 2.19 bits per heavy atom. The summed E-state index contributed by atoms with van der Waals surface area (Å²) in [7, 11) is -3.42. The van der Waals surface area contributed by atoms with Gasteiger partial charge in [-0.2, -0.15) is 0 Å². The summed E-state index contributed by atoms with van der Waals surface area (Å²) in [6.45, 7) is 11.3. The van der Waals surface area contributed by atoms with Crippen molar-refractivity contribution >= 4 is 27.7 Å². The lowest BCUT2D eigenvalue weighted by molar-refractivity contribution is 0.328. The minimum atomic E-state index is -3.42. The summed E-state index contributed by atoms with van der Waals surface area (Å²) in [4.78, 5) is 0.310. The number of benzene rings is 1. The summed E-state index contributed by atoms with van der Waals surface area (Å²) < 4.78 is 30.8. The van der Waals surface area contributed by atoms with E-state index in [1.165, 1.54) is 25.7 Å². The molecule has 0 unspecified atom stereocenters. The third-order valence-corrected chi connectivity index (χ3v) is 7.27. The molecule has 5 nitrogen and oxygen atoms in total. The quantitative estimate of drug-likeness (QED) is 0.552. The highest BCUT2D eigenvalue weighted by Crippen LogP contribution is 2.28. The molecule has 0 heterocycles. The third kappa shape index (κ3) is 8.02. The van der Waals surface area contributed by atoms with Crippen molar-refractivity contribution in [2.24, 2.45) is 5.92 Å². The molecule has 1 aromatic carbocycles. The first-order valence-corrected chi connectivity index (χ1v) is 12.1. The van der Waals surface area contributed by atoms with Crippen LogP contribution in [0.25, 0.3) is 0 Å². The fourth-order valence-corrected chi connectivity index (χ4v) is 5.14. The molecule has 1 aliphatic carbocycles. The lowest BCUT2D eigenvalue weighted by atomic mass is 9.86. The van der Waals surface area contributed by atoms with Gasteiger partial charge in [0.25, 0.3) is 0 Å². The fraction of sp³-hybridized carbons (Fsp3) is 0.700. The van der Waals surface area contributed by atoms with Crippen molar-refractivity contribution in [2.75, 3.05) is 11.9 Å². The number of sulfonamides is 1. The minimum absolute atomic E-state index is 0.112. The van der Waals surface area contributed by atoms with E-state index in [1.807, 2.05) is 37.9 Å². The Labute approximate surface area is 169 Å². The van der Waals surface area contributed by atoms with Gasteiger partial charge in [-0.05, 0) is 90.5 Å². The van der Waals surface area contributed by atoms with E-state index in [0.717, 1.165) is 12.2 Å². The number of hydrogen-bond acceptors (Lipinski definition) is 5. The van der Waals surface area contributed by atoms with Crippen LogP contribution >= 0.6 is 11.9 Å². The maximum atomic E-state index is 12.2. The van der Waals surface area contributed by atoms with Crippen molar-refractivity contribution in [3.63, 3.8) is 0 Å². The van der Waals surface area contributed by atoms with Crippen LogP contribution < -0.4 is 14.8 Å². The van der Waals surface area contributed by atoms with Crippen LogP contribution in [0.1, 0.15) is 60.3 Å². The van der Waals surface area contributed by atoms with Crippen LogP contribution in [0.15, 0.2) is 29.2 Å². The zero-order chi connectivity index (χ0) is 20.1. The van der Waals surface area contributed by atoms with Gasteiger partial charge in [0, 0.05) is 29.1 Å². The van der Waals surface area contributed by atoms with Gasteiger partial charge in [0.05, 0.1) is 4.90 Å². The molecular formula is C20H35N3O2S2. The third-order valence-electron chi connectivity index (χ3n) is 4.53. The van der Waals surface area contributed by atoms with E-state index in [2.05, 4.69) is 35.5 Å². The zero-order valence-electron chi connectivity index (χ0n) is 17.2. The Balaban J connectivity index is 1.76. The lowest BCUT2D eigenvalue weighted by Crippen LogP contribution is -2.33. The van der Waals surface area contributed by atoms with E-state index >= 15 is 0 Å². The van der Waals surface area contributed by atoms with Crippen LogP contribution in [0.5, 0.6) is 0 Å². The Morgan fingerprint density at radius 1 is 1.07 bits per heavy atom. The zero-order valence-corrected chi connectivity index (χ0v) is 18.8. The molecule has 7 heteroatoms. The van der Waals surface area contributed by atoms with Crippen molar-refractivity contribution < 1.29 is 8.42 Å². The molecule has 0 atom stereocenters. The lowest BCUT2D eigenvalue weighted by Gasteiger charge is -2.31. The molecule has 1 aliphatic rings. The predicted molar refractivity (Wildman–Crippen MR) is 117 cm³/mol. The van der Waals surface area contributed by atoms with Crippen molar-refractivity contribution in [2.45, 2.75) is 82.0 Å².